The average Bonchev–Trinajstić information content (AvgIpc) is 2.84. The van der Waals surface area contributed by atoms with Crippen molar-refractivity contribution in [3.63, 3.8) is 0 Å². The number of fused-ring (bicyclic) bond motifs is 3. The minimum absolute atomic E-state index is 0.160. The summed E-state index contributed by atoms with van der Waals surface area (Å²) in [4.78, 5) is 12.1. The van der Waals surface area contributed by atoms with E-state index in [4.69, 9.17) is 22.1 Å². The molecule has 0 unspecified atom stereocenters. The van der Waals surface area contributed by atoms with E-state index in [-0.39, 0.29) is 22.2 Å². The van der Waals surface area contributed by atoms with Crippen molar-refractivity contribution in [1.29, 1.82) is 0 Å². The molecular formula is C22H34O6Si2. The van der Waals surface area contributed by atoms with Crippen LogP contribution in [0.5, 0.6) is 17.2 Å². The zero-order valence-electron chi connectivity index (χ0n) is 19.5. The van der Waals surface area contributed by atoms with Crippen molar-refractivity contribution in [2.45, 2.75) is 77.6 Å². The number of rotatable bonds is 5. The quantitative estimate of drug-likeness (QED) is 0.404. The van der Waals surface area contributed by atoms with Gasteiger partial charge < -0.3 is 22.1 Å². The SMILES string of the molecule is COc1cc2ccc(=O)oc2c2c1O[Si](C(C)C)(C(C)C)O[Si](C(C)C)(C(C)C)O2. The highest BCUT2D eigenvalue weighted by Crippen LogP contribution is 2.54. The molecule has 1 aromatic heterocycles. The predicted molar refractivity (Wildman–Crippen MR) is 123 cm³/mol. The third-order valence-corrected chi connectivity index (χ3v) is 16.1. The van der Waals surface area contributed by atoms with E-state index in [1.54, 1.807) is 13.2 Å². The summed E-state index contributed by atoms with van der Waals surface area (Å²) in [7, 11) is -4.05. The summed E-state index contributed by atoms with van der Waals surface area (Å²) in [5.74, 6) is 1.49. The lowest BCUT2D eigenvalue weighted by molar-refractivity contribution is 0.298. The summed E-state index contributed by atoms with van der Waals surface area (Å²) >= 11 is 0. The third-order valence-electron chi connectivity index (χ3n) is 6.07. The molecule has 0 bridgehead atoms. The van der Waals surface area contributed by atoms with Crippen molar-refractivity contribution >= 4 is 28.1 Å². The Morgan fingerprint density at radius 3 is 1.77 bits per heavy atom. The van der Waals surface area contributed by atoms with E-state index >= 15 is 0 Å². The van der Waals surface area contributed by atoms with Crippen LogP contribution in [0.1, 0.15) is 55.4 Å². The minimum Gasteiger partial charge on any atom is -0.515 e. The molecule has 0 radical (unpaired) electrons. The van der Waals surface area contributed by atoms with Crippen molar-refractivity contribution < 1.29 is 22.1 Å². The van der Waals surface area contributed by atoms with Crippen molar-refractivity contribution in [3.05, 3.63) is 28.6 Å². The monoisotopic (exact) mass is 450 g/mol. The maximum atomic E-state index is 12.1. The molecule has 0 N–H and O–H groups in total. The predicted octanol–water partition coefficient (Wildman–Crippen LogP) is 6.11. The molecule has 3 rings (SSSR count). The van der Waals surface area contributed by atoms with Gasteiger partial charge in [-0.1, -0.05) is 55.4 Å². The van der Waals surface area contributed by atoms with Crippen molar-refractivity contribution in [1.82, 2.24) is 0 Å². The van der Waals surface area contributed by atoms with Crippen molar-refractivity contribution in [2.75, 3.05) is 7.11 Å². The Morgan fingerprint density at radius 1 is 0.800 bits per heavy atom. The first-order valence-electron chi connectivity index (χ1n) is 10.7. The zero-order valence-corrected chi connectivity index (χ0v) is 21.5. The summed E-state index contributed by atoms with van der Waals surface area (Å²) in [6.45, 7) is 17.2. The van der Waals surface area contributed by atoms with Crippen LogP contribution in [-0.2, 0) is 4.12 Å². The molecule has 0 saturated heterocycles. The number of hydrogen-bond donors (Lipinski definition) is 0. The fourth-order valence-corrected chi connectivity index (χ4v) is 15.1. The lowest BCUT2D eigenvalue weighted by Crippen LogP contribution is -2.62. The van der Waals surface area contributed by atoms with Gasteiger partial charge in [-0.2, -0.15) is 0 Å². The fourth-order valence-electron chi connectivity index (χ4n) is 4.37. The van der Waals surface area contributed by atoms with Crippen molar-refractivity contribution in [2.24, 2.45) is 0 Å². The number of hydrogen-bond acceptors (Lipinski definition) is 6. The van der Waals surface area contributed by atoms with Gasteiger partial charge in [-0.25, -0.2) is 4.79 Å². The number of ether oxygens (including phenoxy) is 1. The molecule has 1 aromatic carbocycles. The summed E-state index contributed by atoms with van der Waals surface area (Å²) < 4.78 is 32.2. The van der Waals surface area contributed by atoms with Gasteiger partial charge in [0.1, 0.15) is 0 Å². The molecule has 2 heterocycles. The average molecular weight is 451 g/mol. The number of methoxy groups -OCH3 is 1. The molecule has 0 fully saturated rings. The minimum atomic E-state index is -2.85. The first-order valence-corrected chi connectivity index (χ1v) is 14.7. The summed E-state index contributed by atoms with van der Waals surface area (Å²) in [5, 5.41) is 0.729. The van der Waals surface area contributed by atoms with Gasteiger partial charge in [0, 0.05) is 33.6 Å². The first kappa shape index (κ1) is 22.9. The Morgan fingerprint density at radius 2 is 1.30 bits per heavy atom. The van der Waals surface area contributed by atoms with Crippen LogP contribution in [-0.4, -0.2) is 24.2 Å². The molecule has 1 aliphatic heterocycles. The lowest BCUT2D eigenvalue weighted by atomic mass is 10.2. The van der Waals surface area contributed by atoms with E-state index in [0.29, 0.717) is 22.8 Å². The summed E-state index contributed by atoms with van der Waals surface area (Å²) in [5.41, 5.74) is 0.638. The second kappa shape index (κ2) is 8.05. The Bertz CT molecular complexity index is 963. The molecule has 0 spiro atoms. The van der Waals surface area contributed by atoms with Crippen LogP contribution in [0.25, 0.3) is 11.0 Å². The van der Waals surface area contributed by atoms with Crippen LogP contribution in [0.4, 0.5) is 0 Å². The van der Waals surface area contributed by atoms with Crippen molar-refractivity contribution in [3.8, 4) is 17.2 Å². The molecule has 166 valence electrons. The molecule has 6 nitrogen and oxygen atoms in total. The molecule has 1 aliphatic rings. The fraction of sp³-hybridized carbons (Fsp3) is 0.591. The molecule has 2 aromatic rings. The second-order valence-electron chi connectivity index (χ2n) is 9.28. The van der Waals surface area contributed by atoms with E-state index in [1.165, 1.54) is 6.07 Å². The molecular weight excluding hydrogens is 416 g/mol. The standard InChI is InChI=1S/C22H34O6Si2/c1-13(2)29(14(3)4)26-21-18(24-9)12-17-10-11-19(23)25-20(17)22(21)27-30(28-29,15(5)6)16(7)8/h10-16H,1-9H3. The molecule has 30 heavy (non-hydrogen) atoms. The first-order chi connectivity index (χ1) is 14.0. The van der Waals surface area contributed by atoms with Gasteiger partial charge in [0.2, 0.25) is 0 Å². The van der Waals surface area contributed by atoms with E-state index < -0.39 is 22.7 Å². The van der Waals surface area contributed by atoms with Crippen LogP contribution in [0.15, 0.2) is 27.4 Å². The lowest BCUT2D eigenvalue weighted by Gasteiger charge is -2.44. The Balaban J connectivity index is 2.46. The smallest absolute Gasteiger partial charge is 0.396 e. The largest absolute Gasteiger partial charge is 0.515 e. The molecule has 8 heteroatoms. The maximum Gasteiger partial charge on any atom is 0.396 e. The molecule has 0 atom stereocenters. The van der Waals surface area contributed by atoms with Gasteiger partial charge in [-0.3, -0.25) is 0 Å². The third kappa shape index (κ3) is 3.48. The normalized spacial score (nSPS) is 17.8. The van der Waals surface area contributed by atoms with Crippen LogP contribution in [0.3, 0.4) is 0 Å². The maximum absolute atomic E-state index is 12.1. The zero-order chi connectivity index (χ0) is 22.4. The van der Waals surface area contributed by atoms with Crippen LogP contribution in [0.2, 0.25) is 22.2 Å². The molecule has 0 saturated carbocycles. The van der Waals surface area contributed by atoms with Gasteiger partial charge in [0.25, 0.3) is 0 Å². The van der Waals surface area contributed by atoms with Gasteiger partial charge in [0.05, 0.1) is 7.11 Å². The van der Waals surface area contributed by atoms with Crippen LogP contribution in [0, 0.1) is 0 Å². The van der Waals surface area contributed by atoms with Crippen LogP contribution >= 0.6 is 0 Å². The van der Waals surface area contributed by atoms with E-state index in [0.717, 1.165) is 5.39 Å². The Kier molecular flexibility index (Phi) is 6.14. The van der Waals surface area contributed by atoms with Gasteiger partial charge in [-0.15, -0.1) is 0 Å². The highest BCUT2D eigenvalue weighted by atomic mass is 28.5. The Hall–Kier alpha value is -1.78. The van der Waals surface area contributed by atoms with Gasteiger partial charge in [-0.05, 0) is 12.1 Å². The topological polar surface area (TPSA) is 67.1 Å². The highest BCUT2D eigenvalue weighted by Gasteiger charge is 2.61. The summed E-state index contributed by atoms with van der Waals surface area (Å²) in [6, 6.07) is 4.96. The van der Waals surface area contributed by atoms with E-state index in [2.05, 4.69) is 55.4 Å². The highest BCUT2D eigenvalue weighted by molar-refractivity contribution is 6.85. The molecule has 0 amide bonds. The van der Waals surface area contributed by atoms with Gasteiger partial charge >= 0.3 is 22.7 Å². The molecule has 0 aliphatic carbocycles. The second-order valence-corrected chi connectivity index (χ2v) is 18.0. The summed E-state index contributed by atoms with van der Waals surface area (Å²) in [6.07, 6.45) is 0. The Labute approximate surface area is 181 Å². The van der Waals surface area contributed by atoms with E-state index in [1.807, 2.05) is 6.07 Å². The number of benzene rings is 1. The van der Waals surface area contributed by atoms with E-state index in [9.17, 15) is 4.79 Å². The van der Waals surface area contributed by atoms with Crippen LogP contribution < -0.4 is 19.2 Å². The van der Waals surface area contributed by atoms with Gasteiger partial charge in [0.15, 0.2) is 22.8 Å².